The number of thiocarbonyl (C=S) groups is 1. The van der Waals surface area contributed by atoms with Crippen molar-refractivity contribution in [1.29, 1.82) is 0 Å². The van der Waals surface area contributed by atoms with Crippen molar-refractivity contribution in [3.05, 3.63) is 47.1 Å². The van der Waals surface area contributed by atoms with Gasteiger partial charge in [0.15, 0.2) is 0 Å². The van der Waals surface area contributed by atoms with Gasteiger partial charge in [-0.3, -0.25) is 19.4 Å². The first kappa shape index (κ1) is 29.8. The van der Waals surface area contributed by atoms with E-state index in [4.69, 9.17) is 31.6 Å². The Morgan fingerprint density at radius 3 is 2.62 bits per heavy atom. The lowest BCUT2D eigenvalue weighted by molar-refractivity contribution is -0.151. The predicted molar refractivity (Wildman–Crippen MR) is 158 cm³/mol. The number of amides is 1. The minimum Gasteiger partial charge on any atom is -0.464 e. The van der Waals surface area contributed by atoms with Gasteiger partial charge in [0.25, 0.3) is 5.91 Å². The van der Waals surface area contributed by atoms with E-state index in [1.54, 1.807) is 22.7 Å². The van der Waals surface area contributed by atoms with Crippen molar-refractivity contribution in [3.8, 4) is 11.3 Å². The minimum atomic E-state index is -0.299. The Kier molecular flexibility index (Phi) is 11.1. The fraction of sp³-hybridized carbons (Fsp3) is 0.464. The van der Waals surface area contributed by atoms with E-state index in [0.717, 1.165) is 24.2 Å². The van der Waals surface area contributed by atoms with Gasteiger partial charge in [-0.15, -0.1) is 11.8 Å². The van der Waals surface area contributed by atoms with Gasteiger partial charge in [0.2, 0.25) is 0 Å². The highest BCUT2D eigenvalue weighted by molar-refractivity contribution is 8.26. The molecule has 1 aromatic carbocycles. The van der Waals surface area contributed by atoms with Crippen LogP contribution in [0.5, 0.6) is 0 Å². The Morgan fingerprint density at radius 1 is 1.18 bits per heavy atom. The molecule has 4 rings (SSSR count). The quantitative estimate of drug-likeness (QED) is 0.161. The second-order valence-electron chi connectivity index (χ2n) is 9.46. The molecule has 1 saturated carbocycles. The van der Waals surface area contributed by atoms with Crippen LogP contribution in [0.2, 0.25) is 0 Å². The number of aliphatic hydroxyl groups is 2. The molecule has 8 nitrogen and oxygen atoms in total. The smallest absolute Gasteiger partial charge is 0.309 e. The summed E-state index contributed by atoms with van der Waals surface area (Å²) >= 11 is 8.52. The SMILES string of the molecule is CSc1ccc(-c2ccc(/C=C3/SC(=S)N(C4CCCC(C(=O)OCCN(CCO)CCO)C4)C3=O)o2)cc1. The largest absolute Gasteiger partial charge is 0.464 e. The molecule has 1 amide bonds. The normalized spacial score (nSPS) is 20.8. The zero-order valence-corrected chi connectivity index (χ0v) is 24.4. The fourth-order valence-corrected chi connectivity index (χ4v) is 6.68. The molecule has 2 aromatic rings. The van der Waals surface area contributed by atoms with E-state index < -0.39 is 0 Å². The molecule has 2 fully saturated rings. The summed E-state index contributed by atoms with van der Waals surface area (Å²) in [4.78, 5) is 31.3. The van der Waals surface area contributed by atoms with Crippen LogP contribution in [0.4, 0.5) is 0 Å². The third-order valence-corrected chi connectivity index (χ3v) is 9.00. The van der Waals surface area contributed by atoms with Gasteiger partial charge in [-0.05, 0) is 49.8 Å². The number of thioether (sulfide) groups is 2. The van der Waals surface area contributed by atoms with E-state index in [2.05, 4.69) is 0 Å². The van der Waals surface area contributed by atoms with Crippen LogP contribution in [0, 0.1) is 5.92 Å². The molecule has 1 aliphatic heterocycles. The van der Waals surface area contributed by atoms with Crippen LogP contribution in [0.3, 0.4) is 0 Å². The molecule has 2 heterocycles. The topological polar surface area (TPSA) is 103 Å². The van der Waals surface area contributed by atoms with Gasteiger partial charge in [0, 0.05) is 42.2 Å². The van der Waals surface area contributed by atoms with Crippen molar-refractivity contribution >= 4 is 58.0 Å². The van der Waals surface area contributed by atoms with Crippen LogP contribution in [0.15, 0.2) is 50.6 Å². The summed E-state index contributed by atoms with van der Waals surface area (Å²) in [6, 6.07) is 11.7. The number of benzene rings is 1. The third kappa shape index (κ3) is 7.74. The zero-order valence-electron chi connectivity index (χ0n) is 21.9. The maximum atomic E-state index is 13.4. The highest BCUT2D eigenvalue weighted by Gasteiger charge is 2.40. The Labute approximate surface area is 242 Å². The molecule has 0 spiro atoms. The van der Waals surface area contributed by atoms with Crippen LogP contribution in [-0.2, 0) is 14.3 Å². The number of furan rings is 1. The lowest BCUT2D eigenvalue weighted by Crippen LogP contribution is -2.43. The van der Waals surface area contributed by atoms with Crippen molar-refractivity contribution in [2.45, 2.75) is 36.6 Å². The molecular formula is C28H34N2O6S3. The number of ether oxygens (including phenoxy) is 1. The summed E-state index contributed by atoms with van der Waals surface area (Å²) in [5, 5.41) is 18.3. The van der Waals surface area contributed by atoms with Crippen LogP contribution >= 0.6 is 35.7 Å². The number of rotatable bonds is 12. The standard InChI is InChI=1S/C28H34N2O6S3/c1-38-23-8-5-19(6-9-23)24-10-7-22(36-24)18-25-26(33)30(28(37)39-25)21-4-2-3-20(17-21)27(34)35-16-13-29(11-14-31)12-15-32/h5-10,18,20-21,31-32H,2-4,11-17H2,1H3/b25-18+. The van der Waals surface area contributed by atoms with Gasteiger partial charge in [0.05, 0.1) is 24.0 Å². The minimum absolute atomic E-state index is 0.0241. The molecule has 0 radical (unpaired) electrons. The molecule has 1 aromatic heterocycles. The highest BCUT2D eigenvalue weighted by atomic mass is 32.2. The lowest BCUT2D eigenvalue weighted by Gasteiger charge is -2.33. The van der Waals surface area contributed by atoms with E-state index in [9.17, 15) is 9.59 Å². The van der Waals surface area contributed by atoms with Crippen LogP contribution in [0.25, 0.3) is 17.4 Å². The lowest BCUT2D eigenvalue weighted by atomic mass is 9.85. The molecule has 1 saturated heterocycles. The molecular weight excluding hydrogens is 557 g/mol. The molecule has 0 bridgehead atoms. The molecule has 2 atom stereocenters. The molecule has 210 valence electrons. The maximum Gasteiger partial charge on any atom is 0.309 e. The number of carbonyl (C=O) groups is 2. The molecule has 2 N–H and O–H groups in total. The van der Waals surface area contributed by atoms with Crippen molar-refractivity contribution < 1.29 is 29.0 Å². The van der Waals surface area contributed by atoms with E-state index in [1.807, 2.05) is 47.6 Å². The number of carbonyl (C=O) groups excluding carboxylic acids is 2. The number of hydrogen-bond donors (Lipinski definition) is 2. The number of esters is 1. The predicted octanol–water partition coefficient (Wildman–Crippen LogP) is 4.26. The van der Waals surface area contributed by atoms with Crippen LogP contribution in [-0.4, -0.2) is 88.0 Å². The highest BCUT2D eigenvalue weighted by Crippen LogP contribution is 2.39. The number of hydrogen-bond acceptors (Lipinski definition) is 10. The first-order chi connectivity index (χ1) is 18.9. The number of nitrogens with zero attached hydrogens (tertiary/aromatic N) is 2. The first-order valence-electron chi connectivity index (χ1n) is 13.1. The fourth-order valence-electron chi connectivity index (χ4n) is 4.89. The van der Waals surface area contributed by atoms with Gasteiger partial charge in [0.1, 0.15) is 22.4 Å². The average molecular weight is 591 g/mol. The van der Waals surface area contributed by atoms with E-state index >= 15 is 0 Å². The van der Waals surface area contributed by atoms with Gasteiger partial charge in [-0.2, -0.15) is 0 Å². The van der Waals surface area contributed by atoms with Crippen molar-refractivity contribution in [2.75, 3.05) is 45.7 Å². The van der Waals surface area contributed by atoms with Crippen LogP contribution < -0.4 is 0 Å². The average Bonchev–Trinajstić information content (AvgIpc) is 3.52. The molecule has 2 aliphatic rings. The second-order valence-corrected chi connectivity index (χ2v) is 12.0. The summed E-state index contributed by atoms with van der Waals surface area (Å²) in [5.41, 5.74) is 0.967. The van der Waals surface area contributed by atoms with Crippen molar-refractivity contribution in [3.63, 3.8) is 0 Å². The van der Waals surface area contributed by atoms with Gasteiger partial charge < -0.3 is 19.4 Å². The molecule has 2 unspecified atom stereocenters. The van der Waals surface area contributed by atoms with Crippen LogP contribution in [0.1, 0.15) is 31.4 Å². The summed E-state index contributed by atoms with van der Waals surface area (Å²) in [6.45, 7) is 1.41. The summed E-state index contributed by atoms with van der Waals surface area (Å²) in [5.74, 6) is 0.582. The third-order valence-electron chi connectivity index (χ3n) is 6.93. The second kappa shape index (κ2) is 14.5. The molecule has 39 heavy (non-hydrogen) atoms. The van der Waals surface area contributed by atoms with Crippen molar-refractivity contribution in [2.24, 2.45) is 5.92 Å². The van der Waals surface area contributed by atoms with Gasteiger partial charge in [-0.1, -0.05) is 42.5 Å². The Bertz CT molecular complexity index is 1180. The Morgan fingerprint density at radius 2 is 1.92 bits per heavy atom. The van der Waals surface area contributed by atoms with Gasteiger partial charge in [-0.25, -0.2) is 0 Å². The zero-order chi connectivity index (χ0) is 27.8. The van der Waals surface area contributed by atoms with Crippen molar-refractivity contribution in [1.82, 2.24) is 9.80 Å². The Balaban J connectivity index is 1.35. The van der Waals surface area contributed by atoms with E-state index in [0.29, 0.717) is 47.5 Å². The number of aliphatic hydroxyl groups excluding tert-OH is 2. The van der Waals surface area contributed by atoms with Gasteiger partial charge >= 0.3 is 5.97 Å². The summed E-state index contributed by atoms with van der Waals surface area (Å²) in [6.07, 6.45) is 6.57. The summed E-state index contributed by atoms with van der Waals surface area (Å²) < 4.78 is 12.0. The Hall–Kier alpha value is -2.15. The molecule has 11 heteroatoms. The van der Waals surface area contributed by atoms with E-state index in [1.165, 1.54) is 16.7 Å². The molecule has 1 aliphatic carbocycles. The summed E-state index contributed by atoms with van der Waals surface area (Å²) in [7, 11) is 0. The monoisotopic (exact) mass is 590 g/mol. The van der Waals surface area contributed by atoms with E-state index in [-0.39, 0.29) is 43.7 Å². The maximum absolute atomic E-state index is 13.4. The first-order valence-corrected chi connectivity index (χ1v) is 15.5.